The number of ether oxygens (including phenoxy) is 1. The average Bonchev–Trinajstić information content (AvgIpc) is 2.16. The first-order valence-electron chi connectivity index (χ1n) is 4.63. The third-order valence-electron chi connectivity index (χ3n) is 1.90. The second kappa shape index (κ2) is 4.70. The summed E-state index contributed by atoms with van der Waals surface area (Å²) in [5, 5.41) is 0. The lowest BCUT2D eigenvalue weighted by Gasteiger charge is -2.08. The summed E-state index contributed by atoms with van der Waals surface area (Å²) < 4.78 is 5.55. The molecule has 0 heterocycles. The fourth-order valence-corrected chi connectivity index (χ4v) is 1.17. The number of hydrogen-bond donors (Lipinski definition) is 0. The summed E-state index contributed by atoms with van der Waals surface area (Å²) in [4.78, 5) is 0. The van der Waals surface area contributed by atoms with E-state index < -0.39 is 0 Å². The van der Waals surface area contributed by atoms with E-state index in [1.807, 2.05) is 18.2 Å². The normalized spacial score (nSPS) is 9.69. The number of rotatable bonds is 4. The Bertz CT molecular complexity index is 289. The topological polar surface area (TPSA) is 9.23 Å². The molecule has 0 radical (unpaired) electrons. The van der Waals surface area contributed by atoms with Gasteiger partial charge in [0, 0.05) is 0 Å². The molecule has 0 N–H and O–H groups in total. The molecule has 0 aromatic heterocycles. The van der Waals surface area contributed by atoms with Crippen LogP contribution in [0.3, 0.4) is 0 Å². The van der Waals surface area contributed by atoms with Gasteiger partial charge in [0.1, 0.15) is 5.75 Å². The first-order valence-corrected chi connectivity index (χ1v) is 4.63. The van der Waals surface area contributed by atoms with Crippen LogP contribution >= 0.6 is 0 Å². The van der Waals surface area contributed by atoms with Crippen LogP contribution < -0.4 is 4.74 Å². The molecule has 0 saturated carbocycles. The molecule has 0 amide bonds. The number of hydrogen-bond acceptors (Lipinski definition) is 1. The lowest BCUT2D eigenvalue weighted by Crippen LogP contribution is -1.96. The quantitative estimate of drug-likeness (QED) is 0.683. The van der Waals surface area contributed by atoms with Gasteiger partial charge < -0.3 is 4.74 Å². The van der Waals surface area contributed by atoms with E-state index in [0.717, 1.165) is 24.3 Å². The van der Waals surface area contributed by atoms with Gasteiger partial charge in [0.15, 0.2) is 0 Å². The molecule has 0 bridgehead atoms. The monoisotopic (exact) mass is 176 g/mol. The van der Waals surface area contributed by atoms with Crippen molar-refractivity contribution in [1.29, 1.82) is 0 Å². The predicted molar refractivity (Wildman–Crippen MR) is 57.1 cm³/mol. The lowest BCUT2D eigenvalue weighted by atomic mass is 10.1. The zero-order valence-corrected chi connectivity index (χ0v) is 8.34. The second-order valence-corrected chi connectivity index (χ2v) is 3.08. The van der Waals surface area contributed by atoms with Crippen molar-refractivity contribution in [1.82, 2.24) is 0 Å². The van der Waals surface area contributed by atoms with E-state index in [-0.39, 0.29) is 0 Å². The highest BCUT2D eigenvalue weighted by Gasteiger charge is 1.98. The van der Waals surface area contributed by atoms with Crippen LogP contribution in [-0.4, -0.2) is 6.61 Å². The maximum Gasteiger partial charge on any atom is 0.122 e. The van der Waals surface area contributed by atoms with Crippen molar-refractivity contribution in [2.24, 2.45) is 0 Å². The molecule has 0 aliphatic heterocycles. The molecule has 0 aliphatic rings. The van der Waals surface area contributed by atoms with Crippen molar-refractivity contribution in [3.05, 3.63) is 35.9 Å². The van der Waals surface area contributed by atoms with Crippen LogP contribution in [0.1, 0.15) is 24.5 Å². The van der Waals surface area contributed by atoms with Gasteiger partial charge in [0.2, 0.25) is 0 Å². The highest BCUT2D eigenvalue weighted by atomic mass is 16.5. The van der Waals surface area contributed by atoms with Gasteiger partial charge >= 0.3 is 0 Å². The van der Waals surface area contributed by atoms with Gasteiger partial charge in [0.25, 0.3) is 0 Å². The first kappa shape index (κ1) is 9.85. The minimum absolute atomic E-state index is 0.786. The van der Waals surface area contributed by atoms with E-state index >= 15 is 0 Å². The fourth-order valence-electron chi connectivity index (χ4n) is 1.17. The van der Waals surface area contributed by atoms with Crippen molar-refractivity contribution in [3.63, 3.8) is 0 Å². The SMILES string of the molecule is C=Cc1ccc(OCCC)c(C)c1. The minimum atomic E-state index is 0.786. The van der Waals surface area contributed by atoms with Crippen molar-refractivity contribution in [2.75, 3.05) is 6.61 Å². The number of benzene rings is 1. The molecule has 0 fully saturated rings. The molecule has 0 atom stereocenters. The van der Waals surface area contributed by atoms with E-state index in [1.165, 1.54) is 5.56 Å². The summed E-state index contributed by atoms with van der Waals surface area (Å²) in [5.74, 6) is 0.979. The summed E-state index contributed by atoms with van der Waals surface area (Å²) >= 11 is 0. The molecule has 0 aliphatic carbocycles. The van der Waals surface area contributed by atoms with Gasteiger partial charge in [-0.2, -0.15) is 0 Å². The van der Waals surface area contributed by atoms with E-state index in [1.54, 1.807) is 0 Å². The molecule has 0 unspecified atom stereocenters. The smallest absolute Gasteiger partial charge is 0.122 e. The summed E-state index contributed by atoms with van der Waals surface area (Å²) in [6.07, 6.45) is 2.89. The molecular weight excluding hydrogens is 160 g/mol. The molecule has 70 valence electrons. The van der Waals surface area contributed by atoms with E-state index in [4.69, 9.17) is 4.74 Å². The Morgan fingerprint density at radius 1 is 1.46 bits per heavy atom. The fraction of sp³-hybridized carbons (Fsp3) is 0.333. The van der Waals surface area contributed by atoms with Gasteiger partial charge in [-0.15, -0.1) is 0 Å². The molecule has 1 aromatic rings. The Hall–Kier alpha value is -1.24. The molecule has 1 rings (SSSR count). The summed E-state index contributed by atoms with van der Waals surface area (Å²) in [7, 11) is 0. The van der Waals surface area contributed by atoms with Crippen LogP contribution in [0.2, 0.25) is 0 Å². The van der Waals surface area contributed by atoms with Gasteiger partial charge in [-0.1, -0.05) is 25.6 Å². The Morgan fingerprint density at radius 2 is 2.23 bits per heavy atom. The van der Waals surface area contributed by atoms with Gasteiger partial charge in [-0.25, -0.2) is 0 Å². The van der Waals surface area contributed by atoms with E-state index in [9.17, 15) is 0 Å². The van der Waals surface area contributed by atoms with Crippen LogP contribution in [0.15, 0.2) is 24.8 Å². The van der Waals surface area contributed by atoms with Crippen molar-refractivity contribution in [2.45, 2.75) is 20.3 Å². The largest absolute Gasteiger partial charge is 0.493 e. The molecule has 0 spiro atoms. The molecule has 13 heavy (non-hydrogen) atoms. The van der Waals surface area contributed by atoms with Crippen LogP contribution in [0.4, 0.5) is 0 Å². The maximum absolute atomic E-state index is 5.55. The number of aryl methyl sites for hydroxylation is 1. The van der Waals surface area contributed by atoms with E-state index in [2.05, 4.69) is 26.5 Å². The highest BCUT2D eigenvalue weighted by Crippen LogP contribution is 2.19. The molecule has 1 nitrogen and oxygen atoms in total. The van der Waals surface area contributed by atoms with Crippen LogP contribution in [-0.2, 0) is 0 Å². The summed E-state index contributed by atoms with van der Waals surface area (Å²) in [6, 6.07) is 6.10. The Kier molecular flexibility index (Phi) is 3.56. The second-order valence-electron chi connectivity index (χ2n) is 3.08. The van der Waals surface area contributed by atoms with Crippen LogP contribution in [0, 0.1) is 6.92 Å². The molecular formula is C12H16O. The zero-order chi connectivity index (χ0) is 9.68. The van der Waals surface area contributed by atoms with Gasteiger partial charge in [0.05, 0.1) is 6.61 Å². The minimum Gasteiger partial charge on any atom is -0.493 e. The van der Waals surface area contributed by atoms with Crippen molar-refractivity contribution >= 4 is 6.08 Å². The maximum atomic E-state index is 5.55. The zero-order valence-electron chi connectivity index (χ0n) is 8.34. The Labute approximate surface area is 80.0 Å². The van der Waals surface area contributed by atoms with Crippen molar-refractivity contribution < 1.29 is 4.74 Å². The standard InChI is InChI=1S/C12H16O/c1-4-8-13-12-7-6-11(5-2)9-10(12)3/h5-7,9H,2,4,8H2,1,3H3. The van der Waals surface area contributed by atoms with Gasteiger partial charge in [-0.3, -0.25) is 0 Å². The average molecular weight is 176 g/mol. The van der Waals surface area contributed by atoms with Crippen molar-refractivity contribution in [3.8, 4) is 5.75 Å². The van der Waals surface area contributed by atoms with Crippen LogP contribution in [0.25, 0.3) is 6.08 Å². The predicted octanol–water partition coefficient (Wildman–Crippen LogP) is 3.43. The highest BCUT2D eigenvalue weighted by molar-refractivity contribution is 5.51. The first-order chi connectivity index (χ1) is 6.27. The third-order valence-corrected chi connectivity index (χ3v) is 1.90. The lowest BCUT2D eigenvalue weighted by molar-refractivity contribution is 0.315. The van der Waals surface area contributed by atoms with Crippen LogP contribution in [0.5, 0.6) is 5.75 Å². The third kappa shape index (κ3) is 2.62. The van der Waals surface area contributed by atoms with E-state index in [0.29, 0.717) is 0 Å². The molecule has 1 aromatic carbocycles. The summed E-state index contributed by atoms with van der Waals surface area (Å²) in [5.41, 5.74) is 2.31. The molecule has 1 heteroatoms. The summed E-state index contributed by atoms with van der Waals surface area (Å²) in [6.45, 7) is 8.67. The Morgan fingerprint density at radius 3 is 2.77 bits per heavy atom. The molecule has 0 saturated heterocycles. The van der Waals surface area contributed by atoms with Gasteiger partial charge in [-0.05, 0) is 36.6 Å². The Balaban J connectivity index is 2.79.